The number of amides is 1. The molecule has 1 amide bonds. The summed E-state index contributed by atoms with van der Waals surface area (Å²) >= 11 is 0. The van der Waals surface area contributed by atoms with Gasteiger partial charge in [0.25, 0.3) is 5.91 Å². The van der Waals surface area contributed by atoms with Crippen molar-refractivity contribution in [2.45, 2.75) is 20.3 Å². The number of hydrogen-bond donors (Lipinski definition) is 2. The molecule has 2 rings (SSSR count). The summed E-state index contributed by atoms with van der Waals surface area (Å²) in [5.41, 5.74) is 1.87. The van der Waals surface area contributed by atoms with Gasteiger partial charge >= 0.3 is 0 Å². The lowest BCUT2D eigenvalue weighted by molar-refractivity contribution is 0.0956. The molecule has 0 saturated carbocycles. The van der Waals surface area contributed by atoms with E-state index in [1.165, 1.54) is 0 Å². The summed E-state index contributed by atoms with van der Waals surface area (Å²) in [5, 5.41) is 13.7. The van der Waals surface area contributed by atoms with Crippen LogP contribution in [0.5, 0.6) is 0 Å². The Morgan fingerprint density at radius 2 is 2.09 bits per heavy atom. The first-order valence-electron chi connectivity index (χ1n) is 6.91. The summed E-state index contributed by atoms with van der Waals surface area (Å²) in [7, 11) is 1.57. The van der Waals surface area contributed by atoms with Gasteiger partial charge in [-0.2, -0.15) is 0 Å². The molecule has 0 bridgehead atoms. The van der Waals surface area contributed by atoms with Crippen LogP contribution in [0.3, 0.4) is 0 Å². The van der Waals surface area contributed by atoms with Gasteiger partial charge < -0.3 is 10.6 Å². The smallest absolute Gasteiger partial charge is 0.271 e. The Labute approximate surface area is 131 Å². The minimum atomic E-state index is -0.247. The summed E-state index contributed by atoms with van der Waals surface area (Å²) in [6.45, 7) is 7.46. The fraction of sp³-hybridized carbons (Fsp3) is 0.267. The predicted octanol–water partition coefficient (Wildman–Crippen LogP) is 2.38. The lowest BCUT2D eigenvalue weighted by Crippen LogP contribution is -2.22. The Morgan fingerprint density at radius 1 is 1.32 bits per heavy atom. The molecule has 0 aliphatic rings. The van der Waals surface area contributed by atoms with Crippen LogP contribution in [0.4, 0.5) is 11.6 Å². The zero-order chi connectivity index (χ0) is 16.1. The van der Waals surface area contributed by atoms with E-state index >= 15 is 0 Å². The number of aromatic nitrogens is 4. The van der Waals surface area contributed by atoms with Crippen LogP contribution in [0.25, 0.3) is 6.08 Å². The highest BCUT2D eigenvalue weighted by atomic mass is 16.1. The highest BCUT2D eigenvalue weighted by Crippen LogP contribution is 2.16. The van der Waals surface area contributed by atoms with Crippen molar-refractivity contribution in [3.63, 3.8) is 0 Å². The van der Waals surface area contributed by atoms with Crippen molar-refractivity contribution in [3.8, 4) is 0 Å². The largest absolute Gasteiger partial charge is 0.354 e. The second kappa shape index (κ2) is 6.75. The van der Waals surface area contributed by atoms with Crippen molar-refractivity contribution < 1.29 is 7.65 Å². The summed E-state index contributed by atoms with van der Waals surface area (Å²) in [4.78, 5) is 20.2. The Morgan fingerprint density at radius 3 is 2.73 bits per heavy atom. The van der Waals surface area contributed by atoms with Gasteiger partial charge in [-0.1, -0.05) is 13.5 Å². The molecule has 7 nitrogen and oxygen atoms in total. The van der Waals surface area contributed by atoms with Gasteiger partial charge in [-0.05, 0) is 31.1 Å². The van der Waals surface area contributed by atoms with E-state index < -0.39 is 0 Å². The average Bonchev–Trinajstić information content (AvgIpc) is 2.53. The first-order chi connectivity index (χ1) is 10.6. The first-order valence-corrected chi connectivity index (χ1v) is 6.91. The zero-order valence-electron chi connectivity index (χ0n) is 12.8. The Balaban J connectivity index is 0.00000264. The van der Waals surface area contributed by atoms with E-state index in [1.807, 2.05) is 6.92 Å². The van der Waals surface area contributed by atoms with Crippen molar-refractivity contribution in [1.29, 1.82) is 0 Å². The minimum absolute atomic E-state index is 0. The van der Waals surface area contributed by atoms with E-state index in [0.717, 1.165) is 11.3 Å². The first kappa shape index (κ1) is 15.6. The number of nitrogens with one attached hydrogen (secondary N) is 2. The molecule has 2 aromatic heterocycles. The maximum atomic E-state index is 11.7. The van der Waals surface area contributed by atoms with Gasteiger partial charge in [0, 0.05) is 16.0 Å². The summed E-state index contributed by atoms with van der Waals surface area (Å²) in [6, 6.07) is 3.56. The molecule has 0 aliphatic carbocycles. The van der Waals surface area contributed by atoms with Gasteiger partial charge in [-0.25, -0.2) is 9.97 Å². The number of anilines is 2. The lowest BCUT2D eigenvalue weighted by atomic mass is 10.1. The number of aryl methyl sites for hydroxylation is 2. The van der Waals surface area contributed by atoms with Crippen LogP contribution in [0, 0.1) is 6.92 Å². The van der Waals surface area contributed by atoms with Gasteiger partial charge in [0.1, 0.15) is 11.6 Å². The Hall–Kier alpha value is -2.83. The quantitative estimate of drug-likeness (QED) is 0.881. The Kier molecular flexibility index (Phi) is 4.77. The van der Waals surface area contributed by atoms with E-state index in [-0.39, 0.29) is 8.76 Å². The van der Waals surface area contributed by atoms with Crippen molar-refractivity contribution in [3.05, 3.63) is 41.5 Å². The van der Waals surface area contributed by atoms with Crippen LogP contribution in [0.15, 0.2) is 18.7 Å². The molecule has 2 N–H and O–H groups in total. The maximum Gasteiger partial charge on any atom is 0.271 e. The van der Waals surface area contributed by atoms with E-state index in [4.69, 9.17) is 0 Å². The summed E-state index contributed by atoms with van der Waals surface area (Å²) in [5.74, 6) is 1.51. The fourth-order valence-corrected chi connectivity index (χ4v) is 1.96. The van der Waals surface area contributed by atoms with Crippen molar-refractivity contribution in [1.82, 2.24) is 25.5 Å². The van der Waals surface area contributed by atoms with E-state index in [9.17, 15) is 4.79 Å². The molecule has 0 aromatic carbocycles. The molecule has 7 heteroatoms. The molecule has 0 aliphatic heterocycles. The maximum absolute atomic E-state index is 11.7. The van der Waals surface area contributed by atoms with Gasteiger partial charge in [-0.3, -0.25) is 4.79 Å². The third-order valence-electron chi connectivity index (χ3n) is 3.02. The molecule has 2 heterocycles. The van der Waals surface area contributed by atoms with Crippen LogP contribution in [0.1, 0.15) is 37.3 Å². The molecule has 0 spiro atoms. The molecule has 0 atom stereocenters. The molecule has 118 valence electrons. The van der Waals surface area contributed by atoms with Crippen LogP contribution < -0.4 is 10.6 Å². The zero-order valence-corrected chi connectivity index (χ0v) is 12.8. The number of carbonyl (C=O) groups is 1. The second-order valence-corrected chi connectivity index (χ2v) is 4.59. The number of carbonyl (C=O) groups excluding carboxylic acids is 1. The minimum Gasteiger partial charge on any atom is -0.354 e. The lowest BCUT2D eigenvalue weighted by Gasteiger charge is -2.09. The van der Waals surface area contributed by atoms with E-state index in [2.05, 4.69) is 37.4 Å². The molecule has 0 saturated heterocycles. The third kappa shape index (κ3) is 3.43. The average molecular weight is 302 g/mol. The number of nitrogens with zero attached hydrogens (tertiary/aromatic N) is 4. The highest BCUT2D eigenvalue weighted by Gasteiger charge is 2.13. The van der Waals surface area contributed by atoms with Crippen molar-refractivity contribution in [2.24, 2.45) is 0 Å². The number of hydrogen-bond acceptors (Lipinski definition) is 6. The highest BCUT2D eigenvalue weighted by molar-refractivity contribution is 5.93. The molecular weight excluding hydrogens is 280 g/mol. The van der Waals surface area contributed by atoms with E-state index in [1.54, 1.807) is 32.2 Å². The van der Waals surface area contributed by atoms with Gasteiger partial charge in [0.05, 0.1) is 5.69 Å². The van der Waals surface area contributed by atoms with Gasteiger partial charge in [0.15, 0.2) is 11.5 Å². The van der Waals surface area contributed by atoms with Crippen LogP contribution in [-0.4, -0.2) is 33.1 Å². The van der Waals surface area contributed by atoms with Crippen molar-refractivity contribution >= 4 is 23.6 Å². The fourth-order valence-electron chi connectivity index (χ4n) is 1.96. The normalized spacial score (nSPS) is 10.1. The van der Waals surface area contributed by atoms with Crippen LogP contribution in [0.2, 0.25) is 0 Å². The van der Waals surface area contributed by atoms with Crippen LogP contribution in [-0.2, 0) is 6.42 Å². The SMILES string of the molecule is C=Cc1cc(Nc2cc(CC)c(C(=O)NC)nn2)nc(C)n1.[HH].[HH]. The molecule has 0 radical (unpaired) electrons. The van der Waals surface area contributed by atoms with E-state index in [0.29, 0.717) is 29.6 Å². The van der Waals surface area contributed by atoms with Crippen LogP contribution >= 0.6 is 0 Å². The number of rotatable bonds is 5. The molecular formula is C15H22N6O. The standard InChI is InChI=1S/C15H18N6O.2H2/c1-5-10-7-13(20-21-14(10)15(22)16-4)19-12-8-11(6-2)17-9(3)18-12;;/h6-8H,2,5H2,1,3-4H3,(H,16,22)(H,17,18,19,20);2*1H. The molecule has 2 aromatic rings. The van der Waals surface area contributed by atoms with Gasteiger partial charge in [-0.15, -0.1) is 10.2 Å². The molecule has 0 unspecified atom stereocenters. The van der Waals surface area contributed by atoms with Gasteiger partial charge in [0.2, 0.25) is 0 Å². The summed E-state index contributed by atoms with van der Waals surface area (Å²) in [6.07, 6.45) is 2.32. The monoisotopic (exact) mass is 302 g/mol. The molecule has 22 heavy (non-hydrogen) atoms. The second-order valence-electron chi connectivity index (χ2n) is 4.59. The summed E-state index contributed by atoms with van der Waals surface area (Å²) < 4.78 is 0. The topological polar surface area (TPSA) is 92.7 Å². The van der Waals surface area contributed by atoms with Crippen molar-refractivity contribution in [2.75, 3.05) is 12.4 Å². The molecule has 0 fully saturated rings. The third-order valence-corrected chi connectivity index (χ3v) is 3.02. The predicted molar refractivity (Wildman–Crippen MR) is 89.2 cm³/mol. The Bertz CT molecular complexity index is 723.